The van der Waals surface area contributed by atoms with Crippen LogP contribution in [-0.2, 0) is 4.74 Å². The Labute approximate surface area is 150 Å². The van der Waals surface area contributed by atoms with Gasteiger partial charge in [0.2, 0.25) is 0 Å². The topological polar surface area (TPSA) is 54.5 Å². The quantitative estimate of drug-likeness (QED) is 0.844. The number of halogens is 2. The zero-order chi connectivity index (χ0) is 18.0. The van der Waals surface area contributed by atoms with Crippen molar-refractivity contribution in [1.82, 2.24) is 4.98 Å². The molecule has 3 rings (SSSR count). The first-order chi connectivity index (χ1) is 11.9. The molecule has 132 valence electrons. The first-order valence-corrected chi connectivity index (χ1v) is 8.43. The van der Waals surface area contributed by atoms with Crippen LogP contribution in [0, 0.1) is 5.82 Å². The number of amides is 1. The maximum atomic E-state index is 14.5. The highest BCUT2D eigenvalue weighted by Gasteiger charge is 2.24. The first kappa shape index (κ1) is 17.6. The fourth-order valence-corrected chi connectivity index (χ4v) is 3.17. The van der Waals surface area contributed by atoms with Crippen LogP contribution in [0.3, 0.4) is 0 Å². The summed E-state index contributed by atoms with van der Waals surface area (Å²) in [5, 5.41) is 2.75. The number of carbonyl (C=O) groups is 1. The van der Waals surface area contributed by atoms with Crippen LogP contribution in [0.25, 0.3) is 0 Å². The fourth-order valence-electron chi connectivity index (χ4n) is 2.97. The van der Waals surface area contributed by atoms with E-state index in [2.05, 4.69) is 10.3 Å². The van der Waals surface area contributed by atoms with Gasteiger partial charge in [-0.25, -0.2) is 9.37 Å². The van der Waals surface area contributed by atoms with E-state index in [9.17, 15) is 9.18 Å². The van der Waals surface area contributed by atoms with Gasteiger partial charge in [-0.3, -0.25) is 4.79 Å². The number of anilines is 2. The highest BCUT2D eigenvalue weighted by atomic mass is 35.5. The minimum absolute atomic E-state index is 0.0373. The zero-order valence-electron chi connectivity index (χ0n) is 14.0. The molecule has 1 saturated heterocycles. The average molecular weight is 364 g/mol. The molecule has 0 unspecified atom stereocenters. The SMILES string of the molecule is C[C@@H]1CN(c2ccc(NC(=O)c3cccnc3Cl)cc2F)C[C@@H](C)O1. The zero-order valence-corrected chi connectivity index (χ0v) is 14.8. The lowest BCUT2D eigenvalue weighted by molar-refractivity contribution is -0.00539. The van der Waals surface area contributed by atoms with Crippen molar-refractivity contribution in [2.24, 2.45) is 0 Å². The van der Waals surface area contributed by atoms with Crippen molar-refractivity contribution >= 4 is 28.9 Å². The Hall–Kier alpha value is -2.18. The summed E-state index contributed by atoms with van der Waals surface area (Å²) in [6.45, 7) is 5.18. The third-order valence-corrected chi connectivity index (χ3v) is 4.27. The second-order valence-electron chi connectivity index (χ2n) is 6.12. The van der Waals surface area contributed by atoms with Crippen molar-refractivity contribution in [3.8, 4) is 0 Å². The molecule has 1 amide bonds. The van der Waals surface area contributed by atoms with E-state index in [0.29, 0.717) is 24.5 Å². The number of rotatable bonds is 3. The summed E-state index contributed by atoms with van der Waals surface area (Å²) in [5.74, 6) is -0.824. The number of aromatic nitrogens is 1. The van der Waals surface area contributed by atoms with Crippen LogP contribution in [0.5, 0.6) is 0 Å². The maximum absolute atomic E-state index is 14.5. The molecule has 1 aromatic heterocycles. The number of benzene rings is 1. The molecule has 0 aliphatic carbocycles. The van der Waals surface area contributed by atoms with Gasteiger partial charge in [0, 0.05) is 25.0 Å². The third-order valence-electron chi connectivity index (χ3n) is 3.97. The van der Waals surface area contributed by atoms with Gasteiger partial charge in [0.15, 0.2) is 0 Å². The number of carbonyl (C=O) groups excluding carboxylic acids is 1. The molecule has 2 aromatic rings. The van der Waals surface area contributed by atoms with Gasteiger partial charge in [0.05, 0.1) is 23.5 Å². The van der Waals surface area contributed by atoms with E-state index in [0.717, 1.165) is 0 Å². The summed E-state index contributed by atoms with van der Waals surface area (Å²) in [6.07, 6.45) is 1.57. The Kier molecular flexibility index (Phi) is 5.20. The summed E-state index contributed by atoms with van der Waals surface area (Å²) in [7, 11) is 0. The molecule has 1 fully saturated rings. The maximum Gasteiger partial charge on any atom is 0.258 e. The van der Waals surface area contributed by atoms with E-state index < -0.39 is 11.7 Å². The van der Waals surface area contributed by atoms with E-state index in [-0.39, 0.29) is 22.9 Å². The summed E-state index contributed by atoms with van der Waals surface area (Å²) >= 11 is 5.91. The molecule has 1 aliphatic rings. The number of pyridine rings is 1. The molecule has 25 heavy (non-hydrogen) atoms. The Balaban J connectivity index is 1.76. The van der Waals surface area contributed by atoms with Crippen LogP contribution < -0.4 is 10.2 Å². The molecule has 2 heterocycles. The van der Waals surface area contributed by atoms with E-state index in [1.807, 2.05) is 18.7 Å². The Morgan fingerprint density at radius 2 is 2.04 bits per heavy atom. The van der Waals surface area contributed by atoms with Crippen LogP contribution in [-0.4, -0.2) is 36.2 Å². The molecule has 1 aromatic carbocycles. The van der Waals surface area contributed by atoms with Crippen molar-refractivity contribution in [1.29, 1.82) is 0 Å². The van der Waals surface area contributed by atoms with Gasteiger partial charge < -0.3 is 15.0 Å². The summed E-state index contributed by atoms with van der Waals surface area (Å²) in [5.41, 5.74) is 1.10. The first-order valence-electron chi connectivity index (χ1n) is 8.06. The predicted molar refractivity (Wildman–Crippen MR) is 95.8 cm³/mol. The molecular formula is C18H19ClFN3O2. The van der Waals surface area contributed by atoms with Crippen molar-refractivity contribution in [2.45, 2.75) is 26.1 Å². The molecule has 2 atom stereocenters. The molecule has 0 radical (unpaired) electrons. The number of morpholine rings is 1. The normalized spacial score (nSPS) is 20.4. The number of hydrogen-bond donors (Lipinski definition) is 1. The van der Waals surface area contributed by atoms with Crippen LogP contribution in [0.4, 0.5) is 15.8 Å². The van der Waals surface area contributed by atoms with Crippen LogP contribution in [0.1, 0.15) is 24.2 Å². The van der Waals surface area contributed by atoms with Gasteiger partial charge in [0.25, 0.3) is 5.91 Å². The number of nitrogens with one attached hydrogen (secondary N) is 1. The molecule has 7 heteroatoms. The predicted octanol–water partition coefficient (Wildman–Crippen LogP) is 3.74. The van der Waals surface area contributed by atoms with Gasteiger partial charge in [-0.05, 0) is 44.2 Å². The van der Waals surface area contributed by atoms with Gasteiger partial charge in [-0.2, -0.15) is 0 Å². The summed E-state index contributed by atoms with van der Waals surface area (Å²) < 4.78 is 20.2. The monoisotopic (exact) mass is 363 g/mol. The molecule has 1 aliphatic heterocycles. The molecule has 1 N–H and O–H groups in total. The lowest BCUT2D eigenvalue weighted by Crippen LogP contribution is -2.45. The minimum Gasteiger partial charge on any atom is -0.372 e. The Bertz CT molecular complexity index is 777. The van der Waals surface area contributed by atoms with Crippen molar-refractivity contribution in [3.63, 3.8) is 0 Å². The van der Waals surface area contributed by atoms with Gasteiger partial charge >= 0.3 is 0 Å². The third kappa shape index (κ3) is 4.08. The molecule has 0 bridgehead atoms. The lowest BCUT2D eigenvalue weighted by atomic mass is 10.1. The Morgan fingerprint density at radius 1 is 1.32 bits per heavy atom. The van der Waals surface area contributed by atoms with E-state index in [1.54, 1.807) is 24.3 Å². The van der Waals surface area contributed by atoms with Crippen LogP contribution in [0.2, 0.25) is 5.15 Å². The molecule has 5 nitrogen and oxygen atoms in total. The minimum atomic E-state index is -0.432. The smallest absolute Gasteiger partial charge is 0.258 e. The highest BCUT2D eigenvalue weighted by molar-refractivity contribution is 6.33. The van der Waals surface area contributed by atoms with Crippen molar-refractivity contribution < 1.29 is 13.9 Å². The fraction of sp³-hybridized carbons (Fsp3) is 0.333. The van der Waals surface area contributed by atoms with Gasteiger partial charge in [-0.15, -0.1) is 0 Å². The van der Waals surface area contributed by atoms with Gasteiger partial charge in [-0.1, -0.05) is 11.6 Å². The molecular weight excluding hydrogens is 345 g/mol. The number of ether oxygens (including phenoxy) is 1. The second kappa shape index (κ2) is 7.37. The van der Waals surface area contributed by atoms with Crippen molar-refractivity contribution in [2.75, 3.05) is 23.3 Å². The van der Waals surface area contributed by atoms with Crippen LogP contribution in [0.15, 0.2) is 36.5 Å². The van der Waals surface area contributed by atoms with E-state index >= 15 is 0 Å². The summed E-state index contributed by atoms with van der Waals surface area (Å²) in [4.78, 5) is 18.1. The van der Waals surface area contributed by atoms with Gasteiger partial charge in [0.1, 0.15) is 11.0 Å². The Morgan fingerprint density at radius 3 is 2.68 bits per heavy atom. The standard InChI is InChI=1S/C18H19ClFN3O2/c1-11-9-23(10-12(2)25-11)16-6-5-13(8-15(16)20)22-18(24)14-4-3-7-21-17(14)19/h3-8,11-12H,9-10H2,1-2H3,(H,22,24)/t11-,12-/m1/s1. The summed E-state index contributed by atoms with van der Waals surface area (Å²) in [6, 6.07) is 7.82. The molecule has 0 spiro atoms. The van der Waals surface area contributed by atoms with E-state index in [1.165, 1.54) is 12.3 Å². The highest BCUT2D eigenvalue weighted by Crippen LogP contribution is 2.26. The second-order valence-corrected chi connectivity index (χ2v) is 6.48. The number of nitrogens with zero attached hydrogens (tertiary/aromatic N) is 2. The lowest BCUT2D eigenvalue weighted by Gasteiger charge is -2.37. The van der Waals surface area contributed by atoms with E-state index in [4.69, 9.17) is 16.3 Å². The average Bonchev–Trinajstić information content (AvgIpc) is 2.54. The molecule has 0 saturated carbocycles. The largest absolute Gasteiger partial charge is 0.372 e. The number of hydrogen-bond acceptors (Lipinski definition) is 4. The van der Waals surface area contributed by atoms with Crippen LogP contribution >= 0.6 is 11.6 Å². The van der Waals surface area contributed by atoms with Crippen molar-refractivity contribution in [3.05, 3.63) is 53.1 Å².